The van der Waals surface area contributed by atoms with Crippen LogP contribution in [0.25, 0.3) is 0 Å². The van der Waals surface area contributed by atoms with Gasteiger partial charge in [0.05, 0.1) is 6.54 Å². The van der Waals surface area contributed by atoms with Crippen molar-refractivity contribution in [2.75, 3.05) is 13.6 Å². The van der Waals surface area contributed by atoms with E-state index in [1.807, 2.05) is 0 Å². The van der Waals surface area contributed by atoms with Crippen LogP contribution in [0, 0.1) is 0 Å². The van der Waals surface area contributed by atoms with Crippen LogP contribution in [0.5, 0.6) is 0 Å². The number of piperidine rings is 2. The summed E-state index contributed by atoms with van der Waals surface area (Å²) in [5.41, 5.74) is 0. The standard InChI is InChI=1S/C14H25N3O/c1-15-11-7-12-3-2-4-13(8-11)17(12)9-14(18)16-10-5-6-10/h10-13,15H,2-9H2,1H3,(H,16,18). The zero-order chi connectivity index (χ0) is 12.5. The van der Waals surface area contributed by atoms with Crippen LogP contribution in [0.2, 0.25) is 0 Å². The van der Waals surface area contributed by atoms with Crippen molar-refractivity contribution < 1.29 is 4.79 Å². The van der Waals surface area contributed by atoms with E-state index in [0.717, 1.165) is 0 Å². The molecule has 1 amide bonds. The molecule has 1 aliphatic carbocycles. The van der Waals surface area contributed by atoms with Crippen LogP contribution < -0.4 is 10.6 Å². The second-order valence-electron chi connectivity index (χ2n) is 6.21. The van der Waals surface area contributed by atoms with Crippen molar-refractivity contribution in [2.45, 2.75) is 69.1 Å². The van der Waals surface area contributed by atoms with Gasteiger partial charge in [0.15, 0.2) is 0 Å². The van der Waals surface area contributed by atoms with Gasteiger partial charge >= 0.3 is 0 Å². The maximum Gasteiger partial charge on any atom is 0.234 e. The lowest BCUT2D eigenvalue weighted by molar-refractivity contribution is -0.125. The second-order valence-corrected chi connectivity index (χ2v) is 6.21. The number of carbonyl (C=O) groups excluding carboxylic acids is 1. The molecule has 1 saturated carbocycles. The van der Waals surface area contributed by atoms with Crippen LogP contribution >= 0.6 is 0 Å². The van der Waals surface area contributed by atoms with Crippen LogP contribution in [0.1, 0.15) is 44.9 Å². The summed E-state index contributed by atoms with van der Waals surface area (Å²) in [6.07, 6.45) is 8.66. The summed E-state index contributed by atoms with van der Waals surface area (Å²) in [7, 11) is 2.07. The minimum Gasteiger partial charge on any atom is -0.352 e. The van der Waals surface area contributed by atoms with E-state index >= 15 is 0 Å². The number of carbonyl (C=O) groups is 1. The maximum atomic E-state index is 12.0. The number of nitrogens with zero attached hydrogens (tertiary/aromatic N) is 1. The summed E-state index contributed by atoms with van der Waals surface area (Å²) in [6.45, 7) is 0.627. The number of amides is 1. The molecule has 3 aliphatic rings. The Morgan fingerprint density at radius 3 is 2.33 bits per heavy atom. The third-order valence-corrected chi connectivity index (χ3v) is 4.80. The summed E-state index contributed by atoms with van der Waals surface area (Å²) in [5, 5.41) is 6.54. The van der Waals surface area contributed by atoms with E-state index in [1.54, 1.807) is 0 Å². The first kappa shape index (κ1) is 12.4. The highest BCUT2D eigenvalue weighted by Gasteiger charge is 2.38. The van der Waals surface area contributed by atoms with Crippen molar-refractivity contribution in [3.8, 4) is 0 Å². The molecule has 4 nitrogen and oxygen atoms in total. The Hall–Kier alpha value is -0.610. The van der Waals surface area contributed by atoms with Gasteiger partial charge in [-0.25, -0.2) is 0 Å². The van der Waals surface area contributed by atoms with Crippen LogP contribution in [-0.4, -0.2) is 48.6 Å². The van der Waals surface area contributed by atoms with Crippen LogP contribution in [-0.2, 0) is 4.79 Å². The number of fused-ring (bicyclic) bond motifs is 2. The van der Waals surface area contributed by atoms with Gasteiger partial charge in [0, 0.05) is 24.2 Å². The van der Waals surface area contributed by atoms with Crippen molar-refractivity contribution in [3.05, 3.63) is 0 Å². The average Bonchev–Trinajstić information content (AvgIpc) is 3.12. The molecule has 0 spiro atoms. The predicted octanol–water partition coefficient (Wildman–Crippen LogP) is 0.870. The van der Waals surface area contributed by atoms with Crippen molar-refractivity contribution >= 4 is 5.91 Å². The molecule has 2 saturated heterocycles. The smallest absolute Gasteiger partial charge is 0.234 e. The molecule has 2 bridgehead atoms. The van der Waals surface area contributed by atoms with E-state index in [2.05, 4.69) is 22.6 Å². The summed E-state index contributed by atoms with van der Waals surface area (Å²) >= 11 is 0. The molecule has 2 heterocycles. The quantitative estimate of drug-likeness (QED) is 0.779. The first-order valence-corrected chi connectivity index (χ1v) is 7.48. The van der Waals surface area contributed by atoms with Crippen molar-refractivity contribution in [3.63, 3.8) is 0 Å². The van der Waals surface area contributed by atoms with Crippen LogP contribution in [0.4, 0.5) is 0 Å². The van der Waals surface area contributed by atoms with E-state index in [0.29, 0.717) is 30.7 Å². The van der Waals surface area contributed by atoms with E-state index < -0.39 is 0 Å². The highest BCUT2D eigenvalue weighted by Crippen LogP contribution is 2.33. The first-order chi connectivity index (χ1) is 8.76. The Labute approximate surface area is 109 Å². The Kier molecular flexibility index (Phi) is 3.57. The number of nitrogens with one attached hydrogen (secondary N) is 2. The third kappa shape index (κ3) is 2.69. The fourth-order valence-electron chi connectivity index (χ4n) is 3.64. The number of hydrogen-bond acceptors (Lipinski definition) is 3. The molecule has 102 valence electrons. The molecule has 0 aromatic rings. The Balaban J connectivity index is 1.58. The van der Waals surface area contributed by atoms with Crippen LogP contribution in [0.3, 0.4) is 0 Å². The van der Waals surface area contributed by atoms with Crippen LogP contribution in [0.15, 0.2) is 0 Å². The molecule has 2 atom stereocenters. The highest BCUT2D eigenvalue weighted by molar-refractivity contribution is 5.78. The van der Waals surface area contributed by atoms with Gasteiger partial charge in [0.2, 0.25) is 5.91 Å². The topological polar surface area (TPSA) is 44.4 Å². The fraction of sp³-hybridized carbons (Fsp3) is 0.929. The summed E-state index contributed by atoms with van der Waals surface area (Å²) in [6, 6.07) is 2.40. The zero-order valence-electron chi connectivity index (χ0n) is 11.3. The molecule has 2 unspecified atom stereocenters. The van der Waals surface area contributed by atoms with E-state index in [4.69, 9.17) is 0 Å². The van der Waals surface area contributed by atoms with Gasteiger partial charge in [0.25, 0.3) is 0 Å². The SMILES string of the molecule is CNC1CC2CCCC(C1)N2CC(=O)NC1CC1. The fourth-order valence-corrected chi connectivity index (χ4v) is 3.64. The summed E-state index contributed by atoms with van der Waals surface area (Å²) in [4.78, 5) is 14.5. The molecule has 0 aromatic carbocycles. The first-order valence-electron chi connectivity index (χ1n) is 7.48. The number of rotatable bonds is 4. The van der Waals surface area contributed by atoms with Crippen molar-refractivity contribution in [1.82, 2.24) is 15.5 Å². The average molecular weight is 251 g/mol. The lowest BCUT2D eigenvalue weighted by Gasteiger charge is -2.48. The minimum atomic E-state index is 0.248. The van der Waals surface area contributed by atoms with Gasteiger partial charge in [-0.3, -0.25) is 9.69 Å². The van der Waals surface area contributed by atoms with Crippen molar-refractivity contribution in [1.29, 1.82) is 0 Å². The normalized spacial score (nSPS) is 36.4. The van der Waals surface area contributed by atoms with Gasteiger partial charge < -0.3 is 10.6 Å². The zero-order valence-corrected chi connectivity index (χ0v) is 11.3. The molecule has 0 aromatic heterocycles. The molecule has 3 fully saturated rings. The maximum absolute atomic E-state index is 12.0. The predicted molar refractivity (Wildman–Crippen MR) is 71.4 cm³/mol. The van der Waals surface area contributed by atoms with Gasteiger partial charge in [-0.15, -0.1) is 0 Å². The lowest BCUT2D eigenvalue weighted by Crippen LogP contribution is -2.58. The Morgan fingerprint density at radius 1 is 1.11 bits per heavy atom. The minimum absolute atomic E-state index is 0.248. The lowest BCUT2D eigenvalue weighted by atomic mass is 9.82. The second kappa shape index (κ2) is 5.17. The Morgan fingerprint density at radius 2 is 1.78 bits per heavy atom. The summed E-state index contributed by atoms with van der Waals surface area (Å²) in [5.74, 6) is 0.248. The molecule has 3 rings (SSSR count). The van der Waals surface area contributed by atoms with Gasteiger partial charge in [-0.1, -0.05) is 6.42 Å². The molecule has 18 heavy (non-hydrogen) atoms. The number of hydrogen-bond donors (Lipinski definition) is 2. The monoisotopic (exact) mass is 251 g/mol. The molecule has 2 aliphatic heterocycles. The Bertz CT molecular complexity index is 302. The van der Waals surface area contributed by atoms with Crippen molar-refractivity contribution in [2.24, 2.45) is 0 Å². The van der Waals surface area contributed by atoms with Gasteiger partial charge in [-0.05, 0) is 45.6 Å². The summed E-state index contributed by atoms with van der Waals surface area (Å²) < 4.78 is 0. The van der Waals surface area contributed by atoms with Gasteiger partial charge in [0.1, 0.15) is 0 Å². The molecule has 0 radical (unpaired) electrons. The highest BCUT2D eigenvalue weighted by atomic mass is 16.2. The van der Waals surface area contributed by atoms with Gasteiger partial charge in [-0.2, -0.15) is 0 Å². The molecular weight excluding hydrogens is 226 g/mol. The largest absolute Gasteiger partial charge is 0.352 e. The molecular formula is C14H25N3O. The van der Waals surface area contributed by atoms with E-state index in [1.165, 1.54) is 44.9 Å². The van der Waals surface area contributed by atoms with E-state index in [9.17, 15) is 4.79 Å². The van der Waals surface area contributed by atoms with E-state index in [-0.39, 0.29) is 5.91 Å². The third-order valence-electron chi connectivity index (χ3n) is 4.80. The molecule has 4 heteroatoms. The molecule has 2 N–H and O–H groups in total.